The van der Waals surface area contributed by atoms with Gasteiger partial charge in [0.2, 0.25) is 0 Å². The molecule has 74 valence electrons. The van der Waals surface area contributed by atoms with Crippen LogP contribution >= 0.6 is 0 Å². The minimum atomic E-state index is 0.430. The van der Waals surface area contributed by atoms with Gasteiger partial charge >= 0.3 is 0 Å². The van der Waals surface area contributed by atoms with Gasteiger partial charge < -0.3 is 0 Å². The third-order valence-corrected chi connectivity index (χ3v) is 4.22. The van der Waals surface area contributed by atoms with E-state index in [4.69, 9.17) is 0 Å². The summed E-state index contributed by atoms with van der Waals surface area (Å²) < 4.78 is 0. The predicted octanol–water partition coefficient (Wildman–Crippen LogP) is 3.18. The lowest BCUT2D eigenvalue weighted by Crippen LogP contribution is -2.39. The van der Waals surface area contributed by atoms with Crippen LogP contribution in [0.15, 0.2) is 0 Å². The van der Waals surface area contributed by atoms with Crippen molar-refractivity contribution in [2.24, 2.45) is 17.3 Å². The summed E-state index contributed by atoms with van der Waals surface area (Å²) in [6, 6.07) is 0. The van der Waals surface area contributed by atoms with E-state index in [0.29, 0.717) is 17.1 Å². The van der Waals surface area contributed by atoms with Gasteiger partial charge in [0.05, 0.1) is 0 Å². The minimum absolute atomic E-state index is 0.430. The molecule has 0 amide bonds. The molecule has 0 heterocycles. The molecule has 0 spiro atoms. The summed E-state index contributed by atoms with van der Waals surface area (Å²) in [7, 11) is 0. The number of carbonyl (C=O) groups is 1. The Morgan fingerprint density at radius 2 is 2.00 bits per heavy atom. The summed E-state index contributed by atoms with van der Waals surface area (Å²) in [5, 5.41) is 0. The van der Waals surface area contributed by atoms with E-state index in [2.05, 4.69) is 13.8 Å². The number of carbonyl (C=O) groups excluding carboxylic acids is 1. The zero-order valence-electron chi connectivity index (χ0n) is 8.81. The molecule has 1 nitrogen and oxygen atoms in total. The zero-order valence-corrected chi connectivity index (χ0v) is 8.81. The fourth-order valence-electron chi connectivity index (χ4n) is 2.92. The number of Topliss-reactive ketones (excluding diaryl/α,β-unsaturated/α-hetero) is 1. The molecule has 13 heavy (non-hydrogen) atoms. The van der Waals surface area contributed by atoms with Gasteiger partial charge in [-0.15, -0.1) is 0 Å². The standard InChI is InChI=1S/C12H20O/c1-12(2)7-6-10(13)8-11(12)9-4-3-5-9/h9,11H,3-8H2,1-2H3. The molecule has 0 aromatic heterocycles. The van der Waals surface area contributed by atoms with Gasteiger partial charge in [0.1, 0.15) is 5.78 Å². The molecule has 2 fully saturated rings. The molecule has 2 aliphatic rings. The zero-order chi connectivity index (χ0) is 9.47. The van der Waals surface area contributed by atoms with E-state index in [-0.39, 0.29) is 0 Å². The van der Waals surface area contributed by atoms with Crippen molar-refractivity contribution in [1.82, 2.24) is 0 Å². The lowest BCUT2D eigenvalue weighted by Gasteiger charge is -2.46. The van der Waals surface area contributed by atoms with Crippen LogP contribution in [0.2, 0.25) is 0 Å². The normalized spacial score (nSPS) is 34.3. The second-order valence-electron chi connectivity index (χ2n) is 5.53. The van der Waals surface area contributed by atoms with Crippen LogP contribution in [-0.4, -0.2) is 5.78 Å². The van der Waals surface area contributed by atoms with Gasteiger partial charge in [-0.3, -0.25) is 4.79 Å². The lowest BCUT2D eigenvalue weighted by molar-refractivity contribution is -0.126. The maximum atomic E-state index is 11.4. The van der Waals surface area contributed by atoms with E-state index in [9.17, 15) is 4.79 Å². The smallest absolute Gasteiger partial charge is 0.133 e. The molecule has 1 unspecified atom stereocenters. The Balaban J connectivity index is 2.07. The highest BCUT2D eigenvalue weighted by molar-refractivity contribution is 5.79. The Hall–Kier alpha value is -0.330. The molecule has 2 rings (SSSR count). The van der Waals surface area contributed by atoms with Crippen LogP contribution in [0.1, 0.15) is 52.4 Å². The number of hydrogen-bond donors (Lipinski definition) is 0. The highest BCUT2D eigenvalue weighted by Crippen LogP contribution is 2.49. The summed E-state index contributed by atoms with van der Waals surface area (Å²) in [6.07, 6.45) is 6.97. The monoisotopic (exact) mass is 180 g/mol. The third kappa shape index (κ3) is 1.66. The first kappa shape index (κ1) is 9.23. The van der Waals surface area contributed by atoms with Crippen LogP contribution in [0.4, 0.5) is 0 Å². The van der Waals surface area contributed by atoms with Gasteiger partial charge in [0.15, 0.2) is 0 Å². The van der Waals surface area contributed by atoms with E-state index in [1.54, 1.807) is 0 Å². The summed E-state index contributed by atoms with van der Waals surface area (Å²) in [6.45, 7) is 4.70. The molecular weight excluding hydrogens is 160 g/mol. The van der Waals surface area contributed by atoms with Gasteiger partial charge in [-0.25, -0.2) is 0 Å². The first-order valence-electron chi connectivity index (χ1n) is 5.61. The van der Waals surface area contributed by atoms with Crippen molar-refractivity contribution >= 4 is 5.78 Å². The second-order valence-corrected chi connectivity index (χ2v) is 5.53. The Bertz CT molecular complexity index is 213. The van der Waals surface area contributed by atoms with Crippen molar-refractivity contribution in [3.8, 4) is 0 Å². The van der Waals surface area contributed by atoms with Gasteiger partial charge in [0.25, 0.3) is 0 Å². The molecule has 0 aromatic rings. The van der Waals surface area contributed by atoms with Crippen molar-refractivity contribution in [2.75, 3.05) is 0 Å². The Kier molecular flexibility index (Phi) is 2.21. The molecule has 2 saturated carbocycles. The fourth-order valence-corrected chi connectivity index (χ4v) is 2.92. The van der Waals surface area contributed by atoms with Gasteiger partial charge in [-0.05, 0) is 23.7 Å². The molecule has 0 aromatic carbocycles. The molecule has 2 aliphatic carbocycles. The van der Waals surface area contributed by atoms with Crippen molar-refractivity contribution in [2.45, 2.75) is 52.4 Å². The number of ketones is 1. The third-order valence-electron chi connectivity index (χ3n) is 4.22. The molecule has 1 atom stereocenters. The van der Waals surface area contributed by atoms with Crippen molar-refractivity contribution in [1.29, 1.82) is 0 Å². The molecule has 0 bridgehead atoms. The minimum Gasteiger partial charge on any atom is -0.300 e. The number of hydrogen-bond acceptors (Lipinski definition) is 1. The first-order valence-corrected chi connectivity index (χ1v) is 5.61. The maximum absolute atomic E-state index is 11.4. The van der Waals surface area contributed by atoms with E-state index < -0.39 is 0 Å². The molecule has 0 N–H and O–H groups in total. The molecule has 0 radical (unpaired) electrons. The van der Waals surface area contributed by atoms with Crippen LogP contribution < -0.4 is 0 Å². The Morgan fingerprint density at radius 3 is 2.54 bits per heavy atom. The average molecular weight is 180 g/mol. The van der Waals surface area contributed by atoms with E-state index in [1.165, 1.54) is 19.3 Å². The van der Waals surface area contributed by atoms with Gasteiger partial charge in [-0.2, -0.15) is 0 Å². The number of rotatable bonds is 1. The Labute approximate surface area is 80.9 Å². The van der Waals surface area contributed by atoms with Crippen LogP contribution in [0.3, 0.4) is 0 Å². The summed E-state index contributed by atoms with van der Waals surface area (Å²) in [4.78, 5) is 11.4. The van der Waals surface area contributed by atoms with Crippen LogP contribution in [-0.2, 0) is 4.79 Å². The van der Waals surface area contributed by atoms with Gasteiger partial charge in [0, 0.05) is 12.8 Å². The molecular formula is C12H20O. The quantitative estimate of drug-likeness (QED) is 0.605. The second kappa shape index (κ2) is 3.11. The fraction of sp³-hybridized carbons (Fsp3) is 0.917. The van der Waals surface area contributed by atoms with Crippen LogP contribution in [0, 0.1) is 17.3 Å². The van der Waals surface area contributed by atoms with Crippen LogP contribution in [0.25, 0.3) is 0 Å². The van der Waals surface area contributed by atoms with Crippen LogP contribution in [0.5, 0.6) is 0 Å². The van der Waals surface area contributed by atoms with Crippen molar-refractivity contribution in [3.63, 3.8) is 0 Å². The molecule has 0 aliphatic heterocycles. The highest BCUT2D eigenvalue weighted by Gasteiger charge is 2.41. The predicted molar refractivity (Wildman–Crippen MR) is 53.5 cm³/mol. The molecule has 1 heteroatoms. The average Bonchev–Trinajstić information content (AvgIpc) is 1.94. The van der Waals surface area contributed by atoms with Gasteiger partial charge in [-0.1, -0.05) is 33.1 Å². The SMILES string of the molecule is CC1(C)CCC(=O)CC1C1CCC1. The van der Waals surface area contributed by atoms with Crippen molar-refractivity contribution < 1.29 is 4.79 Å². The summed E-state index contributed by atoms with van der Waals surface area (Å²) in [5.74, 6) is 2.08. The van der Waals surface area contributed by atoms with E-state index in [1.807, 2.05) is 0 Å². The van der Waals surface area contributed by atoms with E-state index >= 15 is 0 Å². The van der Waals surface area contributed by atoms with Crippen molar-refractivity contribution in [3.05, 3.63) is 0 Å². The summed E-state index contributed by atoms with van der Waals surface area (Å²) >= 11 is 0. The maximum Gasteiger partial charge on any atom is 0.133 e. The highest BCUT2D eigenvalue weighted by atomic mass is 16.1. The lowest BCUT2D eigenvalue weighted by atomic mass is 9.59. The molecule has 0 saturated heterocycles. The Morgan fingerprint density at radius 1 is 1.31 bits per heavy atom. The summed E-state index contributed by atoms with van der Waals surface area (Å²) in [5.41, 5.74) is 0.430. The topological polar surface area (TPSA) is 17.1 Å². The van der Waals surface area contributed by atoms with E-state index in [0.717, 1.165) is 25.2 Å². The largest absolute Gasteiger partial charge is 0.300 e. The first-order chi connectivity index (χ1) is 6.09.